The smallest absolute Gasteiger partial charge is 0.349 e. The van der Waals surface area contributed by atoms with E-state index in [-0.39, 0.29) is 35.2 Å². The topological polar surface area (TPSA) is 80.3 Å². The highest BCUT2D eigenvalue weighted by atomic mass is 19.2. The van der Waals surface area contributed by atoms with E-state index in [0.29, 0.717) is 17.1 Å². The maximum absolute atomic E-state index is 13.7. The molecule has 0 N–H and O–H groups in total. The summed E-state index contributed by atoms with van der Waals surface area (Å²) in [4.78, 5) is 25.0. The lowest BCUT2D eigenvalue weighted by atomic mass is 10.1. The maximum Gasteiger partial charge on any atom is 0.349 e. The number of rotatable bonds is 5. The second kappa shape index (κ2) is 9.12. The molecule has 0 atom stereocenters. The van der Waals surface area contributed by atoms with Crippen molar-refractivity contribution in [2.24, 2.45) is 0 Å². The molecule has 0 amide bonds. The van der Waals surface area contributed by atoms with Crippen molar-refractivity contribution in [1.29, 1.82) is 0 Å². The van der Waals surface area contributed by atoms with Crippen LogP contribution in [0.25, 0.3) is 6.08 Å². The van der Waals surface area contributed by atoms with Crippen molar-refractivity contribution in [2.75, 3.05) is 13.4 Å². The Labute approximate surface area is 204 Å². The first-order valence-corrected chi connectivity index (χ1v) is 10.5. The Morgan fingerprint density at radius 1 is 0.946 bits per heavy atom. The number of benzene rings is 3. The van der Waals surface area contributed by atoms with Crippen LogP contribution >= 0.6 is 0 Å². The highest BCUT2D eigenvalue weighted by Gasteiger charge is 2.31. The molecule has 2 heterocycles. The lowest BCUT2D eigenvalue weighted by Crippen LogP contribution is -2.20. The maximum atomic E-state index is 13.7. The molecular weight excluding hydrogens is 507 g/mol. The van der Waals surface area contributed by atoms with Crippen LogP contribution in [0, 0.1) is 36.0 Å². The molecule has 0 fully saturated rings. The van der Waals surface area contributed by atoms with Crippen molar-refractivity contribution in [3.8, 4) is 28.7 Å². The number of hydrogen-bond acceptors (Lipinski definition) is 7. The number of allylic oxidation sites excluding steroid dienone is 1. The molecule has 2 aliphatic rings. The molecule has 0 saturated heterocycles. The molecule has 0 aliphatic carbocycles. The predicted molar refractivity (Wildman–Crippen MR) is 114 cm³/mol. The number of ketones is 1. The number of hydrogen-bond donors (Lipinski definition) is 0. The zero-order chi connectivity index (χ0) is 26.4. The minimum atomic E-state index is -2.36. The van der Waals surface area contributed by atoms with E-state index in [9.17, 15) is 31.5 Å². The van der Waals surface area contributed by atoms with Gasteiger partial charge in [0.2, 0.25) is 41.7 Å². The molecule has 0 radical (unpaired) electrons. The third-order valence-corrected chi connectivity index (χ3v) is 5.46. The van der Waals surface area contributed by atoms with Gasteiger partial charge < -0.3 is 23.7 Å². The third-order valence-electron chi connectivity index (χ3n) is 5.46. The van der Waals surface area contributed by atoms with Crippen LogP contribution in [0.1, 0.15) is 21.5 Å². The average molecular weight is 520 g/mol. The zero-order valence-corrected chi connectivity index (χ0v) is 18.6. The summed E-state index contributed by atoms with van der Waals surface area (Å²) in [7, 11) is 0. The first-order valence-electron chi connectivity index (χ1n) is 10.5. The Morgan fingerprint density at radius 2 is 1.62 bits per heavy atom. The molecule has 7 nitrogen and oxygen atoms in total. The molecule has 37 heavy (non-hydrogen) atoms. The summed E-state index contributed by atoms with van der Waals surface area (Å²) in [5.41, 5.74) is 1.04. The number of esters is 1. The summed E-state index contributed by atoms with van der Waals surface area (Å²) in [6, 6.07) is 7.68. The number of fused-ring (bicyclic) bond motifs is 2. The number of Topliss-reactive ketones (excluding diaryl/α,β-unsaturated/α-hetero) is 1. The van der Waals surface area contributed by atoms with E-state index in [4.69, 9.17) is 18.9 Å². The Kier molecular flexibility index (Phi) is 5.94. The number of halogens is 5. The van der Waals surface area contributed by atoms with Gasteiger partial charge in [0.25, 0.3) is 0 Å². The molecule has 0 aromatic heterocycles. The fraction of sp³-hybridized carbons (Fsp3) is 0.120. The van der Waals surface area contributed by atoms with E-state index in [0.717, 1.165) is 0 Å². The predicted octanol–water partition coefficient (Wildman–Crippen LogP) is 5.02. The van der Waals surface area contributed by atoms with Crippen LogP contribution in [0.3, 0.4) is 0 Å². The third kappa shape index (κ3) is 4.20. The molecular formula is C25H13F5O7. The van der Waals surface area contributed by atoms with E-state index in [1.54, 1.807) is 18.2 Å². The highest BCUT2D eigenvalue weighted by molar-refractivity contribution is 6.15. The summed E-state index contributed by atoms with van der Waals surface area (Å²) >= 11 is 0. The summed E-state index contributed by atoms with van der Waals surface area (Å²) < 4.78 is 93.0. The highest BCUT2D eigenvalue weighted by Crippen LogP contribution is 2.40. The quantitative estimate of drug-likeness (QED) is 0.117. The van der Waals surface area contributed by atoms with Crippen LogP contribution in [0.2, 0.25) is 0 Å². The molecule has 5 rings (SSSR count). The standard InChI is InChI=1S/C25H13F5O7/c1-10-13(36-17(31)8-33-25-21(29)19(27)18(26)20(28)22(25)30)5-3-12-23(32)16(37-24(10)12)7-11-2-4-14-15(6-11)35-9-34-14/h2-7H,8-9H2,1H3/b16-7-. The van der Waals surface area contributed by atoms with Gasteiger partial charge in [-0.1, -0.05) is 6.07 Å². The van der Waals surface area contributed by atoms with Gasteiger partial charge >= 0.3 is 5.97 Å². The van der Waals surface area contributed by atoms with Crippen LogP contribution in [-0.2, 0) is 4.79 Å². The van der Waals surface area contributed by atoms with Crippen molar-refractivity contribution in [1.82, 2.24) is 0 Å². The number of carbonyl (C=O) groups excluding carboxylic acids is 2. The van der Waals surface area contributed by atoms with Crippen LogP contribution in [0.4, 0.5) is 22.0 Å². The van der Waals surface area contributed by atoms with E-state index in [2.05, 4.69) is 4.74 Å². The summed E-state index contributed by atoms with van der Waals surface area (Å²) in [5, 5.41) is 0. The Bertz CT molecular complexity index is 1490. The van der Waals surface area contributed by atoms with E-state index in [1.165, 1.54) is 25.1 Å². The summed E-state index contributed by atoms with van der Waals surface area (Å²) in [5.74, 6) is -13.4. The fourth-order valence-electron chi connectivity index (χ4n) is 3.63. The van der Waals surface area contributed by atoms with Crippen LogP contribution in [0.5, 0.6) is 28.7 Å². The van der Waals surface area contributed by atoms with Crippen molar-refractivity contribution < 1.29 is 55.2 Å². The van der Waals surface area contributed by atoms with Crippen LogP contribution in [-0.4, -0.2) is 25.2 Å². The molecule has 0 unspecified atom stereocenters. The second-order valence-corrected chi connectivity index (χ2v) is 7.78. The van der Waals surface area contributed by atoms with Crippen molar-refractivity contribution >= 4 is 17.8 Å². The molecule has 0 spiro atoms. The van der Waals surface area contributed by atoms with Crippen molar-refractivity contribution in [3.63, 3.8) is 0 Å². The zero-order valence-electron chi connectivity index (χ0n) is 18.6. The largest absolute Gasteiger partial charge is 0.476 e. The number of carbonyl (C=O) groups is 2. The average Bonchev–Trinajstić information content (AvgIpc) is 3.48. The minimum absolute atomic E-state index is 0.00455. The van der Waals surface area contributed by atoms with Gasteiger partial charge in [-0.2, -0.15) is 8.78 Å². The van der Waals surface area contributed by atoms with E-state index >= 15 is 0 Å². The molecule has 12 heteroatoms. The van der Waals surface area contributed by atoms with Gasteiger partial charge in [0.05, 0.1) is 5.56 Å². The molecule has 190 valence electrons. The number of ether oxygens (including phenoxy) is 5. The lowest BCUT2D eigenvalue weighted by Gasteiger charge is -2.12. The van der Waals surface area contributed by atoms with Gasteiger partial charge in [-0.05, 0) is 42.8 Å². The van der Waals surface area contributed by atoms with Gasteiger partial charge in [0.1, 0.15) is 11.5 Å². The van der Waals surface area contributed by atoms with Gasteiger partial charge in [-0.15, -0.1) is 0 Å². The van der Waals surface area contributed by atoms with Crippen molar-refractivity contribution in [3.05, 3.63) is 81.9 Å². The Balaban J connectivity index is 1.31. The second-order valence-electron chi connectivity index (χ2n) is 7.78. The summed E-state index contributed by atoms with van der Waals surface area (Å²) in [6.45, 7) is 0.399. The molecule has 0 bridgehead atoms. The Morgan fingerprint density at radius 3 is 2.35 bits per heavy atom. The fourth-order valence-corrected chi connectivity index (χ4v) is 3.63. The SMILES string of the molecule is Cc1c(OC(=O)COc2c(F)c(F)c(F)c(F)c2F)ccc2c1O/C(=C\c1ccc3c(c1)OCO3)C2=O. The van der Waals surface area contributed by atoms with Crippen molar-refractivity contribution in [2.45, 2.75) is 6.92 Å². The van der Waals surface area contributed by atoms with E-state index in [1.807, 2.05) is 0 Å². The lowest BCUT2D eigenvalue weighted by molar-refractivity contribution is -0.136. The van der Waals surface area contributed by atoms with Gasteiger partial charge in [0, 0.05) is 5.56 Å². The van der Waals surface area contributed by atoms with E-state index < -0.39 is 53.2 Å². The monoisotopic (exact) mass is 520 g/mol. The molecule has 3 aromatic rings. The Hall–Kier alpha value is -4.61. The van der Waals surface area contributed by atoms with Gasteiger partial charge in [0.15, 0.2) is 29.6 Å². The van der Waals surface area contributed by atoms with Gasteiger partial charge in [-0.3, -0.25) is 4.79 Å². The van der Waals surface area contributed by atoms with Gasteiger partial charge in [-0.25, -0.2) is 18.0 Å². The molecule has 0 saturated carbocycles. The van der Waals surface area contributed by atoms with Crippen LogP contribution in [0.15, 0.2) is 36.1 Å². The van der Waals surface area contributed by atoms with Crippen LogP contribution < -0.4 is 23.7 Å². The minimum Gasteiger partial charge on any atom is -0.476 e. The normalized spacial score (nSPS) is 14.5. The summed E-state index contributed by atoms with van der Waals surface area (Å²) in [6.07, 6.45) is 1.49. The first kappa shape index (κ1) is 24.1. The first-order chi connectivity index (χ1) is 17.7. The molecule has 2 aliphatic heterocycles. The molecule has 3 aromatic carbocycles.